The van der Waals surface area contributed by atoms with Gasteiger partial charge in [0.1, 0.15) is 0 Å². The first-order valence-corrected chi connectivity index (χ1v) is 6.13. The molecule has 2 nitrogen and oxygen atoms in total. The van der Waals surface area contributed by atoms with Crippen molar-refractivity contribution in [2.45, 2.75) is 59.0 Å². The van der Waals surface area contributed by atoms with Crippen LogP contribution < -0.4 is 5.32 Å². The maximum Gasteiger partial charge on any atom is 0.0590 e. The Kier molecular flexibility index (Phi) is 2.79. The summed E-state index contributed by atoms with van der Waals surface area (Å²) in [6.45, 7) is 13.1. The lowest BCUT2D eigenvalue weighted by molar-refractivity contribution is 0.551. The molecule has 0 spiro atoms. The molecule has 0 unspecified atom stereocenters. The summed E-state index contributed by atoms with van der Waals surface area (Å²) in [5.41, 5.74) is 5.45. The van der Waals surface area contributed by atoms with Crippen LogP contribution in [0.4, 0.5) is 0 Å². The average molecular weight is 218 g/mol. The molecule has 1 N–H and O–H groups in total. The van der Waals surface area contributed by atoms with Crippen LogP contribution in [-0.4, -0.2) is 4.98 Å². The van der Waals surface area contributed by atoms with E-state index in [1.165, 1.54) is 22.5 Å². The van der Waals surface area contributed by atoms with Crippen molar-refractivity contribution in [3.8, 4) is 0 Å². The molecular weight excluding hydrogens is 196 g/mol. The SMILES string of the molecule is CC(C)c1cc2c(nc1C(C)(C)C)CNC2. The summed E-state index contributed by atoms with van der Waals surface area (Å²) in [4.78, 5) is 4.88. The highest BCUT2D eigenvalue weighted by Gasteiger charge is 2.24. The molecule has 2 rings (SSSR count). The molecule has 1 aliphatic heterocycles. The lowest BCUT2D eigenvalue weighted by Crippen LogP contribution is -2.18. The van der Waals surface area contributed by atoms with E-state index in [0.717, 1.165) is 13.1 Å². The van der Waals surface area contributed by atoms with E-state index in [0.29, 0.717) is 5.92 Å². The van der Waals surface area contributed by atoms with Crippen molar-refractivity contribution in [2.24, 2.45) is 0 Å². The highest BCUT2D eigenvalue weighted by atomic mass is 14.9. The van der Waals surface area contributed by atoms with Crippen molar-refractivity contribution in [3.63, 3.8) is 0 Å². The first kappa shape index (κ1) is 11.6. The zero-order valence-electron chi connectivity index (χ0n) is 11.0. The second-order valence-corrected chi connectivity index (χ2v) is 6.04. The molecule has 0 saturated carbocycles. The van der Waals surface area contributed by atoms with Crippen LogP contribution >= 0.6 is 0 Å². The fourth-order valence-electron chi connectivity index (χ4n) is 2.27. The van der Waals surface area contributed by atoms with Gasteiger partial charge in [-0.05, 0) is 17.0 Å². The van der Waals surface area contributed by atoms with Crippen molar-refractivity contribution in [2.75, 3.05) is 0 Å². The highest BCUT2D eigenvalue weighted by molar-refractivity contribution is 5.37. The smallest absolute Gasteiger partial charge is 0.0590 e. The molecule has 0 atom stereocenters. The van der Waals surface area contributed by atoms with Crippen LogP contribution in [0.3, 0.4) is 0 Å². The number of rotatable bonds is 1. The standard InChI is InChI=1S/C14H22N2/c1-9(2)11-6-10-7-15-8-12(10)16-13(11)14(3,4)5/h6,9,15H,7-8H2,1-5H3. The highest BCUT2D eigenvalue weighted by Crippen LogP contribution is 2.31. The van der Waals surface area contributed by atoms with Crippen LogP contribution in [0.2, 0.25) is 0 Å². The molecule has 1 aliphatic rings. The Hall–Kier alpha value is -0.890. The van der Waals surface area contributed by atoms with Crippen LogP contribution in [0.25, 0.3) is 0 Å². The minimum atomic E-state index is 0.136. The molecular formula is C14H22N2. The van der Waals surface area contributed by atoms with E-state index in [1.54, 1.807) is 0 Å². The molecule has 0 aliphatic carbocycles. The van der Waals surface area contributed by atoms with E-state index in [-0.39, 0.29) is 5.41 Å². The number of hydrogen-bond donors (Lipinski definition) is 1. The fourth-order valence-corrected chi connectivity index (χ4v) is 2.27. The summed E-state index contributed by atoms with van der Waals surface area (Å²) >= 11 is 0. The van der Waals surface area contributed by atoms with Crippen LogP contribution in [0.1, 0.15) is 63.1 Å². The van der Waals surface area contributed by atoms with Gasteiger partial charge in [0.2, 0.25) is 0 Å². The Bertz CT molecular complexity index is 400. The van der Waals surface area contributed by atoms with E-state index < -0.39 is 0 Å². The zero-order valence-corrected chi connectivity index (χ0v) is 11.0. The molecule has 16 heavy (non-hydrogen) atoms. The van der Waals surface area contributed by atoms with Crippen LogP contribution in [0.5, 0.6) is 0 Å². The largest absolute Gasteiger partial charge is 0.307 e. The second kappa shape index (κ2) is 3.85. The maximum atomic E-state index is 4.88. The van der Waals surface area contributed by atoms with Gasteiger partial charge >= 0.3 is 0 Å². The Balaban J connectivity index is 2.58. The quantitative estimate of drug-likeness (QED) is 0.783. The van der Waals surface area contributed by atoms with Crippen LogP contribution in [0, 0.1) is 0 Å². The van der Waals surface area contributed by atoms with Gasteiger partial charge in [-0.25, -0.2) is 0 Å². The molecule has 0 fully saturated rings. The maximum absolute atomic E-state index is 4.88. The lowest BCUT2D eigenvalue weighted by atomic mass is 9.84. The Morgan fingerprint density at radius 2 is 1.94 bits per heavy atom. The average Bonchev–Trinajstić information content (AvgIpc) is 2.60. The monoisotopic (exact) mass is 218 g/mol. The van der Waals surface area contributed by atoms with Crippen molar-refractivity contribution in [1.29, 1.82) is 0 Å². The predicted octanol–water partition coefficient (Wildman–Crippen LogP) is 3.11. The molecule has 0 amide bonds. The summed E-state index contributed by atoms with van der Waals surface area (Å²) in [7, 11) is 0. The molecule has 0 radical (unpaired) electrons. The van der Waals surface area contributed by atoms with Crippen LogP contribution in [-0.2, 0) is 18.5 Å². The molecule has 2 heterocycles. The van der Waals surface area contributed by atoms with Gasteiger partial charge in [-0.1, -0.05) is 40.7 Å². The Morgan fingerprint density at radius 3 is 2.50 bits per heavy atom. The summed E-state index contributed by atoms with van der Waals surface area (Å²) < 4.78 is 0. The summed E-state index contributed by atoms with van der Waals surface area (Å²) in [5, 5.41) is 3.37. The van der Waals surface area contributed by atoms with Gasteiger partial charge in [-0.15, -0.1) is 0 Å². The molecule has 0 bridgehead atoms. The van der Waals surface area contributed by atoms with Gasteiger partial charge in [0, 0.05) is 24.2 Å². The zero-order chi connectivity index (χ0) is 11.9. The third-order valence-corrected chi connectivity index (χ3v) is 3.16. The summed E-state index contributed by atoms with van der Waals surface area (Å²) in [6.07, 6.45) is 0. The molecule has 88 valence electrons. The molecule has 0 aromatic carbocycles. The van der Waals surface area contributed by atoms with Gasteiger partial charge in [0.05, 0.1) is 5.69 Å². The topological polar surface area (TPSA) is 24.9 Å². The Labute approximate surface area is 98.5 Å². The van der Waals surface area contributed by atoms with Gasteiger partial charge < -0.3 is 5.32 Å². The third-order valence-electron chi connectivity index (χ3n) is 3.16. The van der Waals surface area contributed by atoms with E-state index in [9.17, 15) is 0 Å². The van der Waals surface area contributed by atoms with E-state index in [1.807, 2.05) is 0 Å². The Morgan fingerprint density at radius 1 is 1.25 bits per heavy atom. The second-order valence-electron chi connectivity index (χ2n) is 6.04. The number of aromatic nitrogens is 1. The molecule has 0 saturated heterocycles. The van der Waals surface area contributed by atoms with Crippen molar-refractivity contribution < 1.29 is 0 Å². The molecule has 2 heteroatoms. The van der Waals surface area contributed by atoms with Crippen molar-refractivity contribution in [3.05, 3.63) is 28.6 Å². The minimum absolute atomic E-state index is 0.136. The summed E-state index contributed by atoms with van der Waals surface area (Å²) in [6, 6.07) is 2.35. The first-order chi connectivity index (χ1) is 7.39. The van der Waals surface area contributed by atoms with Crippen LogP contribution in [0.15, 0.2) is 6.07 Å². The number of nitrogens with zero attached hydrogens (tertiary/aromatic N) is 1. The van der Waals surface area contributed by atoms with Gasteiger partial charge in [0.15, 0.2) is 0 Å². The number of nitrogens with one attached hydrogen (secondary N) is 1. The van der Waals surface area contributed by atoms with Crippen molar-refractivity contribution >= 4 is 0 Å². The molecule has 1 aromatic rings. The molecule has 1 aromatic heterocycles. The first-order valence-electron chi connectivity index (χ1n) is 6.13. The number of pyridine rings is 1. The van der Waals surface area contributed by atoms with Gasteiger partial charge in [-0.2, -0.15) is 0 Å². The normalized spacial score (nSPS) is 15.6. The van der Waals surface area contributed by atoms with Gasteiger partial charge in [-0.3, -0.25) is 4.98 Å². The third kappa shape index (κ3) is 1.99. The number of hydrogen-bond acceptors (Lipinski definition) is 2. The number of fused-ring (bicyclic) bond motifs is 1. The predicted molar refractivity (Wildman–Crippen MR) is 67.6 cm³/mol. The van der Waals surface area contributed by atoms with E-state index >= 15 is 0 Å². The van der Waals surface area contributed by atoms with E-state index in [4.69, 9.17) is 4.98 Å². The fraction of sp³-hybridized carbons (Fsp3) is 0.643. The van der Waals surface area contributed by atoms with E-state index in [2.05, 4.69) is 46.0 Å². The summed E-state index contributed by atoms with van der Waals surface area (Å²) in [5.74, 6) is 0.549. The minimum Gasteiger partial charge on any atom is -0.307 e. The van der Waals surface area contributed by atoms with Gasteiger partial charge in [0.25, 0.3) is 0 Å². The van der Waals surface area contributed by atoms with Crippen molar-refractivity contribution in [1.82, 2.24) is 10.3 Å². The lowest BCUT2D eigenvalue weighted by Gasteiger charge is -2.24.